The van der Waals surface area contributed by atoms with Crippen molar-refractivity contribution in [2.45, 2.75) is 6.92 Å². The molecule has 1 aliphatic rings. The van der Waals surface area contributed by atoms with Crippen LogP contribution in [0.1, 0.15) is 15.9 Å². The summed E-state index contributed by atoms with van der Waals surface area (Å²) in [5.74, 6) is -0.160. The van der Waals surface area contributed by atoms with Gasteiger partial charge in [0.25, 0.3) is 5.91 Å². The van der Waals surface area contributed by atoms with Crippen LogP contribution in [0.2, 0.25) is 0 Å². The zero-order chi connectivity index (χ0) is 18.1. The summed E-state index contributed by atoms with van der Waals surface area (Å²) in [5, 5.41) is 3.96. The number of aromatic nitrogens is 1. The highest BCUT2D eigenvalue weighted by molar-refractivity contribution is 7.22. The molecule has 6 nitrogen and oxygen atoms in total. The van der Waals surface area contributed by atoms with Crippen molar-refractivity contribution in [1.29, 1.82) is 0 Å². The molecule has 1 saturated heterocycles. The first-order valence-corrected chi connectivity index (χ1v) is 9.32. The minimum absolute atomic E-state index is 0.160. The number of fused-ring (bicyclic) bond motifs is 1. The van der Waals surface area contributed by atoms with Crippen LogP contribution in [0.5, 0.6) is 0 Å². The molecule has 1 amide bonds. The molecule has 1 aliphatic heterocycles. The molecular weight excluding hydrogens is 348 g/mol. The van der Waals surface area contributed by atoms with E-state index >= 15 is 0 Å². The van der Waals surface area contributed by atoms with Crippen molar-refractivity contribution in [3.63, 3.8) is 0 Å². The second-order valence-corrected chi connectivity index (χ2v) is 7.32. The van der Waals surface area contributed by atoms with Crippen molar-refractivity contribution >= 4 is 44.0 Å². The molecule has 2 aromatic carbocycles. The van der Waals surface area contributed by atoms with Crippen molar-refractivity contribution in [2.75, 3.05) is 42.3 Å². The Kier molecular flexibility index (Phi) is 4.48. The van der Waals surface area contributed by atoms with Crippen molar-refractivity contribution in [1.82, 2.24) is 4.98 Å². The number of hydrogen-bond donors (Lipinski definition) is 2. The van der Waals surface area contributed by atoms with Gasteiger partial charge in [-0.3, -0.25) is 4.79 Å². The lowest BCUT2D eigenvalue weighted by atomic mass is 10.1. The van der Waals surface area contributed by atoms with Crippen LogP contribution in [0.3, 0.4) is 0 Å². The topological polar surface area (TPSA) is 80.5 Å². The zero-order valence-corrected chi connectivity index (χ0v) is 15.3. The fourth-order valence-corrected chi connectivity index (χ4v) is 4.02. The molecule has 0 bridgehead atoms. The predicted octanol–water partition coefficient (Wildman–Crippen LogP) is 3.28. The number of hydrogen-bond acceptors (Lipinski definition) is 6. The van der Waals surface area contributed by atoms with Gasteiger partial charge in [-0.05, 0) is 42.8 Å². The highest BCUT2D eigenvalue weighted by atomic mass is 32.1. The largest absolute Gasteiger partial charge is 0.399 e. The number of thiazole rings is 1. The van der Waals surface area contributed by atoms with Crippen LogP contribution >= 0.6 is 11.3 Å². The van der Waals surface area contributed by atoms with Gasteiger partial charge in [0, 0.05) is 30.0 Å². The SMILES string of the molecule is Cc1ccc(N)cc1C(=O)Nc1ccc2nc(N3CCOCC3)sc2c1. The summed E-state index contributed by atoms with van der Waals surface area (Å²) in [6.07, 6.45) is 0. The quantitative estimate of drug-likeness (QED) is 0.694. The van der Waals surface area contributed by atoms with Crippen LogP contribution in [0, 0.1) is 6.92 Å². The number of nitrogens with one attached hydrogen (secondary N) is 1. The van der Waals surface area contributed by atoms with E-state index in [4.69, 9.17) is 15.5 Å². The Balaban J connectivity index is 1.57. The van der Waals surface area contributed by atoms with Gasteiger partial charge < -0.3 is 20.7 Å². The molecule has 0 spiro atoms. The van der Waals surface area contributed by atoms with Gasteiger partial charge in [-0.15, -0.1) is 0 Å². The Morgan fingerprint density at radius 3 is 2.85 bits per heavy atom. The van der Waals surface area contributed by atoms with Gasteiger partial charge in [0.2, 0.25) is 0 Å². The third kappa shape index (κ3) is 3.36. The van der Waals surface area contributed by atoms with Crippen LogP contribution < -0.4 is 16.0 Å². The standard InChI is InChI=1S/C19H20N4O2S/c1-12-2-3-13(20)10-15(12)18(24)21-14-4-5-16-17(11-14)26-19(22-16)23-6-8-25-9-7-23/h2-5,10-11H,6-9,20H2,1H3,(H,21,24). The maximum Gasteiger partial charge on any atom is 0.256 e. The molecule has 4 rings (SSSR count). The molecule has 26 heavy (non-hydrogen) atoms. The Hall–Kier alpha value is -2.64. The van der Waals surface area contributed by atoms with Crippen molar-refractivity contribution in [2.24, 2.45) is 0 Å². The number of ether oxygens (including phenoxy) is 1. The van der Waals surface area contributed by atoms with Gasteiger partial charge in [-0.1, -0.05) is 17.4 Å². The predicted molar refractivity (Wildman–Crippen MR) is 106 cm³/mol. The zero-order valence-electron chi connectivity index (χ0n) is 14.5. The summed E-state index contributed by atoms with van der Waals surface area (Å²) < 4.78 is 6.45. The molecular formula is C19H20N4O2S. The number of nitrogen functional groups attached to an aromatic ring is 1. The maximum absolute atomic E-state index is 12.6. The molecule has 134 valence electrons. The number of anilines is 3. The molecule has 1 fully saturated rings. The molecule has 1 aromatic heterocycles. The third-order valence-electron chi connectivity index (χ3n) is 4.42. The minimum atomic E-state index is -0.160. The average Bonchev–Trinajstić information content (AvgIpc) is 3.08. The fourth-order valence-electron chi connectivity index (χ4n) is 2.96. The second kappa shape index (κ2) is 6.93. The number of morpholine rings is 1. The second-order valence-electron chi connectivity index (χ2n) is 6.31. The molecule has 3 aromatic rings. The summed E-state index contributed by atoms with van der Waals surface area (Å²) in [6, 6.07) is 11.1. The molecule has 0 aliphatic carbocycles. The van der Waals surface area contributed by atoms with Crippen LogP contribution in [-0.4, -0.2) is 37.2 Å². The van der Waals surface area contributed by atoms with Gasteiger partial charge in [0.15, 0.2) is 5.13 Å². The number of nitrogens with zero attached hydrogens (tertiary/aromatic N) is 2. The Morgan fingerprint density at radius 1 is 1.23 bits per heavy atom. The first kappa shape index (κ1) is 16.8. The van der Waals surface area contributed by atoms with E-state index in [2.05, 4.69) is 10.2 Å². The van der Waals surface area contributed by atoms with Gasteiger partial charge in [0.1, 0.15) is 0 Å². The van der Waals surface area contributed by atoms with E-state index in [9.17, 15) is 4.79 Å². The van der Waals surface area contributed by atoms with E-state index in [-0.39, 0.29) is 5.91 Å². The fraction of sp³-hybridized carbons (Fsp3) is 0.263. The summed E-state index contributed by atoms with van der Waals surface area (Å²) in [4.78, 5) is 19.5. The molecule has 0 atom stereocenters. The van der Waals surface area contributed by atoms with E-state index in [0.717, 1.165) is 52.9 Å². The van der Waals surface area contributed by atoms with E-state index in [1.807, 2.05) is 31.2 Å². The number of rotatable bonds is 3. The molecule has 0 unspecified atom stereocenters. The van der Waals surface area contributed by atoms with E-state index in [1.165, 1.54) is 0 Å². The van der Waals surface area contributed by atoms with Gasteiger partial charge in [-0.25, -0.2) is 4.98 Å². The summed E-state index contributed by atoms with van der Waals surface area (Å²) >= 11 is 1.63. The molecule has 3 N–H and O–H groups in total. The highest BCUT2D eigenvalue weighted by Gasteiger charge is 2.16. The normalized spacial score (nSPS) is 14.6. The van der Waals surface area contributed by atoms with Gasteiger partial charge >= 0.3 is 0 Å². The first-order valence-electron chi connectivity index (χ1n) is 8.51. The Labute approximate surface area is 155 Å². The third-order valence-corrected chi connectivity index (χ3v) is 5.50. The highest BCUT2D eigenvalue weighted by Crippen LogP contribution is 2.31. The number of carbonyl (C=O) groups is 1. The van der Waals surface area contributed by atoms with Crippen molar-refractivity contribution in [3.8, 4) is 0 Å². The van der Waals surface area contributed by atoms with Crippen molar-refractivity contribution in [3.05, 3.63) is 47.5 Å². The minimum Gasteiger partial charge on any atom is -0.399 e. The van der Waals surface area contributed by atoms with Gasteiger partial charge in [-0.2, -0.15) is 0 Å². The summed E-state index contributed by atoms with van der Waals surface area (Å²) in [7, 11) is 0. The smallest absolute Gasteiger partial charge is 0.256 e. The molecule has 0 radical (unpaired) electrons. The number of benzene rings is 2. The van der Waals surface area contributed by atoms with Gasteiger partial charge in [0.05, 0.1) is 23.4 Å². The number of aryl methyl sites for hydroxylation is 1. The molecule has 7 heteroatoms. The maximum atomic E-state index is 12.6. The lowest BCUT2D eigenvalue weighted by molar-refractivity contribution is 0.102. The van der Waals surface area contributed by atoms with Crippen LogP contribution in [0.15, 0.2) is 36.4 Å². The lowest BCUT2D eigenvalue weighted by Gasteiger charge is -2.25. The number of carbonyl (C=O) groups excluding carboxylic acids is 1. The van der Waals surface area contributed by atoms with Crippen LogP contribution in [0.25, 0.3) is 10.2 Å². The first-order chi connectivity index (χ1) is 12.6. The summed E-state index contributed by atoms with van der Waals surface area (Å²) in [5.41, 5.74) is 9.56. The van der Waals surface area contributed by atoms with E-state index < -0.39 is 0 Å². The number of amides is 1. The summed E-state index contributed by atoms with van der Waals surface area (Å²) in [6.45, 7) is 5.08. The monoisotopic (exact) mass is 368 g/mol. The Bertz CT molecular complexity index is 963. The number of nitrogens with two attached hydrogens (primary N) is 1. The molecule has 0 saturated carbocycles. The average molecular weight is 368 g/mol. The van der Waals surface area contributed by atoms with E-state index in [1.54, 1.807) is 23.5 Å². The van der Waals surface area contributed by atoms with Crippen LogP contribution in [-0.2, 0) is 4.74 Å². The van der Waals surface area contributed by atoms with Crippen LogP contribution in [0.4, 0.5) is 16.5 Å². The molecule has 2 heterocycles. The lowest BCUT2D eigenvalue weighted by Crippen LogP contribution is -2.36. The van der Waals surface area contributed by atoms with E-state index in [0.29, 0.717) is 11.3 Å². The Morgan fingerprint density at radius 2 is 2.04 bits per heavy atom. The van der Waals surface area contributed by atoms with Crippen molar-refractivity contribution < 1.29 is 9.53 Å².